The Morgan fingerprint density at radius 3 is 2.43 bits per heavy atom. The average Bonchev–Trinajstić information content (AvgIpc) is 3.16. The first kappa shape index (κ1) is 13.0. The number of rotatable bonds is 4. The second kappa shape index (κ2) is 5.54. The molecule has 0 radical (unpaired) electrons. The van der Waals surface area contributed by atoms with Crippen molar-refractivity contribution in [1.82, 2.24) is 20.1 Å². The Labute approximate surface area is 120 Å². The van der Waals surface area contributed by atoms with E-state index in [0.717, 1.165) is 5.69 Å². The predicted molar refractivity (Wildman–Crippen MR) is 78.4 cm³/mol. The largest absolute Gasteiger partial charge is 0.346 e. The van der Waals surface area contributed by atoms with Gasteiger partial charge in [-0.2, -0.15) is 0 Å². The van der Waals surface area contributed by atoms with E-state index in [1.54, 1.807) is 12.1 Å². The maximum absolute atomic E-state index is 12.0. The van der Waals surface area contributed by atoms with Crippen LogP contribution in [0.1, 0.15) is 16.1 Å². The number of aromatic nitrogens is 3. The third-order valence-electron chi connectivity index (χ3n) is 3.12. The monoisotopic (exact) mass is 282 g/mol. The fourth-order valence-corrected chi connectivity index (χ4v) is 2.04. The molecule has 3 N–H and O–H groups in total. The first-order valence-corrected chi connectivity index (χ1v) is 6.50. The number of aromatic amines is 2. The maximum Gasteiger partial charge on any atom is 0.264 e. The molecule has 3 rings (SSSR count). The van der Waals surface area contributed by atoms with E-state index in [1.807, 2.05) is 41.2 Å². The molecule has 0 bridgehead atoms. The van der Waals surface area contributed by atoms with E-state index < -0.39 is 0 Å². The zero-order valence-corrected chi connectivity index (χ0v) is 11.2. The molecule has 1 amide bonds. The van der Waals surface area contributed by atoms with Crippen LogP contribution in [0.5, 0.6) is 0 Å². The van der Waals surface area contributed by atoms with Gasteiger partial charge in [-0.25, -0.2) is 0 Å². The zero-order valence-electron chi connectivity index (χ0n) is 11.2. The highest BCUT2D eigenvalue weighted by Crippen LogP contribution is 2.10. The summed E-state index contributed by atoms with van der Waals surface area (Å²) in [7, 11) is 0. The van der Waals surface area contributed by atoms with Crippen LogP contribution in [0.3, 0.4) is 0 Å². The van der Waals surface area contributed by atoms with Gasteiger partial charge in [-0.1, -0.05) is 0 Å². The molecule has 0 unspecified atom stereocenters. The maximum atomic E-state index is 12.0. The fraction of sp³-hybridized carbons (Fsp3) is 0.0667. The molecule has 0 spiro atoms. The standard InChI is InChI=1S/C15H14N4O2/c20-14-9-12(17-18-14)10-16-15(21)11-3-5-13(6-4-11)19-7-1-2-8-19/h1-9H,10H2,(H,16,21)(H2,17,18,20). The van der Waals surface area contributed by atoms with Crippen molar-refractivity contribution in [3.63, 3.8) is 0 Å². The van der Waals surface area contributed by atoms with Gasteiger partial charge in [-0.15, -0.1) is 0 Å². The number of H-pyrrole nitrogens is 2. The summed E-state index contributed by atoms with van der Waals surface area (Å²) in [5, 5.41) is 7.85. The van der Waals surface area contributed by atoms with Gasteiger partial charge < -0.3 is 15.0 Å². The van der Waals surface area contributed by atoms with Gasteiger partial charge in [0.25, 0.3) is 11.5 Å². The van der Waals surface area contributed by atoms with E-state index in [1.165, 1.54) is 6.07 Å². The van der Waals surface area contributed by atoms with Gasteiger partial charge in [0.05, 0.1) is 12.2 Å². The Morgan fingerprint density at radius 2 is 1.81 bits per heavy atom. The molecule has 2 aromatic heterocycles. The van der Waals surface area contributed by atoms with Gasteiger partial charge in [0.15, 0.2) is 0 Å². The Balaban J connectivity index is 1.66. The van der Waals surface area contributed by atoms with Gasteiger partial charge in [-0.3, -0.25) is 14.7 Å². The summed E-state index contributed by atoms with van der Waals surface area (Å²) >= 11 is 0. The minimum Gasteiger partial charge on any atom is -0.346 e. The van der Waals surface area contributed by atoms with Gasteiger partial charge >= 0.3 is 0 Å². The van der Waals surface area contributed by atoms with Gasteiger partial charge in [0.1, 0.15) is 0 Å². The number of hydrogen-bond acceptors (Lipinski definition) is 2. The fourth-order valence-electron chi connectivity index (χ4n) is 2.04. The summed E-state index contributed by atoms with van der Waals surface area (Å²) in [5.41, 5.74) is 1.99. The normalized spacial score (nSPS) is 10.5. The molecule has 0 saturated carbocycles. The molecule has 0 aliphatic rings. The molecule has 0 fully saturated rings. The molecule has 6 nitrogen and oxygen atoms in total. The summed E-state index contributed by atoms with van der Waals surface area (Å²) in [6, 6.07) is 12.6. The summed E-state index contributed by atoms with van der Waals surface area (Å²) in [5.74, 6) is -0.184. The number of carbonyl (C=O) groups is 1. The molecule has 0 atom stereocenters. The highest BCUT2D eigenvalue weighted by Gasteiger charge is 2.06. The molecule has 21 heavy (non-hydrogen) atoms. The minimum atomic E-state index is -0.213. The molecule has 2 heterocycles. The lowest BCUT2D eigenvalue weighted by molar-refractivity contribution is 0.0950. The molecule has 6 heteroatoms. The van der Waals surface area contributed by atoms with Crippen LogP contribution in [0.25, 0.3) is 5.69 Å². The number of benzene rings is 1. The first-order valence-electron chi connectivity index (χ1n) is 6.50. The third-order valence-corrected chi connectivity index (χ3v) is 3.12. The smallest absolute Gasteiger partial charge is 0.264 e. The SMILES string of the molecule is O=C(NCc1cc(=O)[nH][nH]1)c1ccc(-n2cccc2)cc1. The topological polar surface area (TPSA) is 82.7 Å². The Kier molecular flexibility index (Phi) is 3.42. The third kappa shape index (κ3) is 2.94. The van der Waals surface area contributed by atoms with Gasteiger partial charge in [0.2, 0.25) is 0 Å². The van der Waals surface area contributed by atoms with Gasteiger partial charge in [0, 0.05) is 29.7 Å². The van der Waals surface area contributed by atoms with Crippen LogP contribution in [0.15, 0.2) is 59.7 Å². The van der Waals surface area contributed by atoms with Crippen molar-refractivity contribution in [2.24, 2.45) is 0 Å². The Morgan fingerprint density at radius 1 is 1.10 bits per heavy atom. The molecular weight excluding hydrogens is 268 g/mol. The lowest BCUT2D eigenvalue weighted by atomic mass is 10.2. The number of hydrogen-bond donors (Lipinski definition) is 3. The summed E-state index contributed by atoms with van der Waals surface area (Å²) < 4.78 is 1.96. The molecule has 0 saturated heterocycles. The second-order valence-electron chi connectivity index (χ2n) is 4.60. The van der Waals surface area contributed by atoms with Crippen molar-refractivity contribution in [1.29, 1.82) is 0 Å². The Bertz CT molecular complexity index is 782. The summed E-state index contributed by atoms with van der Waals surface area (Å²) in [6.07, 6.45) is 3.88. The minimum absolute atomic E-state index is 0.184. The summed E-state index contributed by atoms with van der Waals surface area (Å²) in [4.78, 5) is 23.0. The molecule has 3 aromatic rings. The van der Waals surface area contributed by atoms with E-state index >= 15 is 0 Å². The Hall–Kier alpha value is -3.02. The predicted octanol–water partition coefficient (Wildman–Crippen LogP) is 1.42. The van der Waals surface area contributed by atoms with Crippen molar-refractivity contribution in [3.8, 4) is 5.69 Å². The van der Waals surface area contributed by atoms with E-state index in [2.05, 4.69) is 15.5 Å². The molecule has 0 aliphatic heterocycles. The van der Waals surface area contributed by atoms with E-state index in [9.17, 15) is 9.59 Å². The van der Waals surface area contributed by atoms with Crippen molar-refractivity contribution in [2.45, 2.75) is 6.54 Å². The van der Waals surface area contributed by atoms with Crippen LogP contribution >= 0.6 is 0 Å². The van der Waals surface area contributed by atoms with Crippen LogP contribution in [-0.2, 0) is 6.54 Å². The van der Waals surface area contributed by atoms with Gasteiger partial charge in [-0.05, 0) is 36.4 Å². The number of nitrogens with one attached hydrogen (secondary N) is 3. The van der Waals surface area contributed by atoms with E-state index in [-0.39, 0.29) is 18.0 Å². The highest BCUT2D eigenvalue weighted by atomic mass is 16.1. The molecular formula is C15H14N4O2. The van der Waals surface area contributed by atoms with Crippen LogP contribution in [-0.4, -0.2) is 20.7 Å². The quantitative estimate of drug-likeness (QED) is 0.676. The van der Waals surface area contributed by atoms with Crippen molar-refractivity contribution in [3.05, 3.63) is 76.5 Å². The average molecular weight is 282 g/mol. The highest BCUT2D eigenvalue weighted by molar-refractivity contribution is 5.94. The molecule has 106 valence electrons. The van der Waals surface area contributed by atoms with Crippen molar-refractivity contribution in [2.75, 3.05) is 0 Å². The van der Waals surface area contributed by atoms with Crippen LogP contribution in [0, 0.1) is 0 Å². The lowest BCUT2D eigenvalue weighted by Crippen LogP contribution is -2.23. The van der Waals surface area contributed by atoms with Crippen molar-refractivity contribution < 1.29 is 4.79 Å². The summed E-state index contributed by atoms with van der Waals surface area (Å²) in [6.45, 7) is 0.275. The number of nitrogens with zero attached hydrogens (tertiary/aromatic N) is 1. The van der Waals surface area contributed by atoms with Crippen LogP contribution < -0.4 is 10.9 Å². The van der Waals surface area contributed by atoms with E-state index in [4.69, 9.17) is 0 Å². The lowest BCUT2D eigenvalue weighted by Gasteiger charge is -2.06. The van der Waals surface area contributed by atoms with Crippen LogP contribution in [0.4, 0.5) is 0 Å². The first-order chi connectivity index (χ1) is 10.2. The van der Waals surface area contributed by atoms with E-state index in [0.29, 0.717) is 11.3 Å². The second-order valence-corrected chi connectivity index (χ2v) is 4.60. The van der Waals surface area contributed by atoms with Crippen molar-refractivity contribution >= 4 is 5.91 Å². The molecule has 1 aromatic carbocycles. The number of amides is 1. The zero-order chi connectivity index (χ0) is 14.7. The van der Waals surface area contributed by atoms with Crippen LogP contribution in [0.2, 0.25) is 0 Å². The number of carbonyl (C=O) groups excluding carboxylic acids is 1. The molecule has 0 aliphatic carbocycles.